The molecule has 6 rings (SSSR count). The van der Waals surface area contributed by atoms with Crippen LogP contribution in [0.1, 0.15) is 71.6 Å². The molecule has 0 saturated carbocycles. The third-order valence-corrected chi connectivity index (χ3v) is 8.06. The zero-order valence-electron chi connectivity index (χ0n) is 21.3. The van der Waals surface area contributed by atoms with Crippen LogP contribution in [0.15, 0.2) is 72.8 Å². The second-order valence-corrected chi connectivity index (χ2v) is 10.1. The van der Waals surface area contributed by atoms with Crippen molar-refractivity contribution in [3.8, 4) is 0 Å². The molecule has 1 N–H and O–H groups in total. The number of anilines is 1. The van der Waals surface area contributed by atoms with Gasteiger partial charge in [0, 0.05) is 24.1 Å². The first-order valence-corrected chi connectivity index (χ1v) is 12.9. The molecule has 0 saturated heterocycles. The number of carbonyl (C=O) groups is 2. The molecule has 0 spiro atoms. The van der Waals surface area contributed by atoms with E-state index in [1.165, 1.54) is 22.3 Å². The molecule has 3 aliphatic carbocycles. The molecule has 1 unspecified atom stereocenters. The van der Waals surface area contributed by atoms with Crippen molar-refractivity contribution >= 4 is 17.6 Å². The van der Waals surface area contributed by atoms with Gasteiger partial charge >= 0.3 is 5.97 Å². The van der Waals surface area contributed by atoms with E-state index in [1.807, 2.05) is 0 Å². The normalized spacial score (nSPS) is 21.6. The van der Waals surface area contributed by atoms with Crippen molar-refractivity contribution in [2.75, 3.05) is 31.6 Å². The van der Waals surface area contributed by atoms with E-state index in [1.54, 1.807) is 24.3 Å². The third-order valence-electron chi connectivity index (χ3n) is 8.06. The van der Waals surface area contributed by atoms with Crippen molar-refractivity contribution in [3.05, 3.63) is 101 Å². The number of rotatable bonds is 8. The van der Waals surface area contributed by atoms with Gasteiger partial charge in [-0.15, -0.1) is 0 Å². The molecule has 0 aromatic heterocycles. The Morgan fingerprint density at radius 1 is 0.889 bits per heavy atom. The fraction of sp³-hybridized carbons (Fsp3) is 0.355. The lowest BCUT2D eigenvalue weighted by atomic mass is 9.52. The predicted molar refractivity (Wildman–Crippen MR) is 142 cm³/mol. The van der Waals surface area contributed by atoms with E-state index in [2.05, 4.69) is 79.5 Å². The van der Waals surface area contributed by atoms with Gasteiger partial charge in [0.25, 0.3) is 0 Å². The van der Waals surface area contributed by atoms with Crippen LogP contribution in [-0.4, -0.2) is 43.0 Å². The van der Waals surface area contributed by atoms with Gasteiger partial charge in [-0.1, -0.05) is 62.4 Å². The van der Waals surface area contributed by atoms with Crippen molar-refractivity contribution in [1.29, 1.82) is 0 Å². The van der Waals surface area contributed by atoms with Crippen LogP contribution in [0.5, 0.6) is 0 Å². The highest BCUT2D eigenvalue weighted by Gasteiger charge is 2.53. The number of likely N-dealkylation sites (N-methyl/N-ethyl adjacent to an activating group) is 1. The maximum Gasteiger partial charge on any atom is 0.338 e. The van der Waals surface area contributed by atoms with Crippen LogP contribution < -0.4 is 5.32 Å². The molecule has 0 heterocycles. The molecule has 2 bridgehead atoms. The lowest BCUT2D eigenvalue weighted by Gasteiger charge is -2.50. The summed E-state index contributed by atoms with van der Waals surface area (Å²) in [5, 5.41) is 3.14. The second-order valence-electron chi connectivity index (χ2n) is 10.1. The molecule has 36 heavy (non-hydrogen) atoms. The number of carbonyl (C=O) groups excluding carboxylic acids is 2. The Hall–Kier alpha value is -3.44. The largest absolute Gasteiger partial charge is 0.461 e. The Morgan fingerprint density at radius 3 is 2.00 bits per heavy atom. The van der Waals surface area contributed by atoms with Gasteiger partial charge in [-0.2, -0.15) is 0 Å². The lowest BCUT2D eigenvalue weighted by Crippen LogP contribution is -2.47. The Bertz CT molecular complexity index is 1220. The number of esters is 1. The number of benzene rings is 3. The van der Waals surface area contributed by atoms with Crippen molar-refractivity contribution in [2.45, 2.75) is 39.0 Å². The number of nitrogens with zero attached hydrogens (tertiary/aromatic N) is 1. The molecule has 1 amide bonds. The van der Waals surface area contributed by atoms with E-state index in [9.17, 15) is 9.59 Å². The molecule has 3 aliphatic rings. The highest BCUT2D eigenvalue weighted by Crippen LogP contribution is 2.61. The quantitative estimate of drug-likeness (QED) is 0.412. The lowest BCUT2D eigenvalue weighted by molar-refractivity contribution is -0.126. The van der Waals surface area contributed by atoms with E-state index >= 15 is 0 Å². The first-order chi connectivity index (χ1) is 17.5. The van der Waals surface area contributed by atoms with Crippen LogP contribution in [0.2, 0.25) is 0 Å². The Morgan fingerprint density at radius 2 is 1.44 bits per heavy atom. The molecule has 3 aromatic rings. The summed E-state index contributed by atoms with van der Waals surface area (Å²) in [4.78, 5) is 28.4. The molecule has 3 aromatic carbocycles. The van der Waals surface area contributed by atoms with Crippen LogP contribution in [0.3, 0.4) is 0 Å². The number of amides is 1. The van der Waals surface area contributed by atoms with Crippen LogP contribution in [-0.2, 0) is 9.53 Å². The Balaban J connectivity index is 1.31. The molecule has 186 valence electrons. The molecule has 0 fully saturated rings. The molecule has 1 atom stereocenters. The zero-order chi connectivity index (χ0) is 25.3. The van der Waals surface area contributed by atoms with E-state index in [0.717, 1.165) is 26.1 Å². The van der Waals surface area contributed by atoms with E-state index < -0.39 is 5.41 Å². The molecule has 5 nitrogen and oxygen atoms in total. The zero-order valence-corrected chi connectivity index (χ0v) is 21.3. The van der Waals surface area contributed by atoms with Crippen molar-refractivity contribution in [1.82, 2.24) is 4.90 Å². The van der Waals surface area contributed by atoms with Crippen LogP contribution in [0.25, 0.3) is 0 Å². The van der Waals surface area contributed by atoms with Crippen LogP contribution in [0, 0.1) is 5.41 Å². The number of nitrogens with one attached hydrogen (secondary N) is 1. The fourth-order valence-corrected chi connectivity index (χ4v) is 6.04. The van der Waals surface area contributed by atoms with E-state index in [0.29, 0.717) is 17.9 Å². The van der Waals surface area contributed by atoms with Crippen molar-refractivity contribution < 1.29 is 14.3 Å². The average molecular weight is 483 g/mol. The standard InChI is InChI=1S/C31H34N2O3/c1-4-33(5-2)18-19-36-29(34)21-14-16-22(17-15-21)32-30(35)31(3)20-27-23-10-6-8-12-25(23)28(31)26-13-9-7-11-24(26)27/h6-17,27-28H,4-5,18-20H2,1-3H3,(H,32,35). The molecule has 5 heteroatoms. The van der Waals surface area contributed by atoms with Gasteiger partial charge in [0.1, 0.15) is 6.61 Å². The van der Waals surface area contributed by atoms with Crippen molar-refractivity contribution in [3.63, 3.8) is 0 Å². The topological polar surface area (TPSA) is 58.6 Å². The summed E-state index contributed by atoms with van der Waals surface area (Å²) in [6.45, 7) is 9.22. The number of fused-ring (bicyclic) bond motifs is 1. The van der Waals surface area contributed by atoms with Gasteiger partial charge in [-0.05, 0) is 73.0 Å². The Kier molecular flexibility index (Phi) is 6.67. The van der Waals surface area contributed by atoms with Gasteiger partial charge in [-0.25, -0.2) is 4.79 Å². The summed E-state index contributed by atoms with van der Waals surface area (Å²) >= 11 is 0. The molecular weight excluding hydrogens is 448 g/mol. The second kappa shape index (κ2) is 9.90. The predicted octanol–water partition coefficient (Wildman–Crippen LogP) is 5.81. The minimum Gasteiger partial charge on any atom is -0.461 e. The maximum absolute atomic E-state index is 13.8. The van der Waals surface area contributed by atoms with Crippen LogP contribution >= 0.6 is 0 Å². The van der Waals surface area contributed by atoms with E-state index in [4.69, 9.17) is 4.74 Å². The summed E-state index contributed by atoms with van der Waals surface area (Å²) in [6.07, 6.45) is 0.772. The van der Waals surface area contributed by atoms with Gasteiger partial charge in [0.05, 0.1) is 11.0 Å². The summed E-state index contributed by atoms with van der Waals surface area (Å²) in [5.74, 6) is -0.109. The fourth-order valence-electron chi connectivity index (χ4n) is 6.04. The van der Waals surface area contributed by atoms with Crippen molar-refractivity contribution in [2.24, 2.45) is 5.41 Å². The van der Waals surface area contributed by atoms with Gasteiger partial charge in [0.2, 0.25) is 5.91 Å². The van der Waals surface area contributed by atoms with Gasteiger partial charge in [0.15, 0.2) is 0 Å². The number of hydrogen-bond acceptors (Lipinski definition) is 4. The monoisotopic (exact) mass is 482 g/mol. The summed E-state index contributed by atoms with van der Waals surface area (Å²) in [6, 6.07) is 24.1. The SMILES string of the molecule is CCN(CC)CCOC(=O)c1ccc(NC(=O)C2(C)CC3c4ccccc4C2c2ccccc23)cc1. The first kappa shape index (κ1) is 24.3. The number of hydrogen-bond donors (Lipinski definition) is 1. The summed E-state index contributed by atoms with van der Waals surface area (Å²) < 4.78 is 5.43. The van der Waals surface area contributed by atoms with Crippen LogP contribution in [0.4, 0.5) is 5.69 Å². The number of ether oxygens (including phenoxy) is 1. The van der Waals surface area contributed by atoms with Gasteiger partial charge in [-0.3, -0.25) is 4.79 Å². The van der Waals surface area contributed by atoms with E-state index in [-0.39, 0.29) is 23.7 Å². The maximum atomic E-state index is 13.8. The molecular formula is C31H34N2O3. The van der Waals surface area contributed by atoms with Gasteiger partial charge < -0.3 is 15.0 Å². The minimum atomic E-state index is -0.574. The summed E-state index contributed by atoms with van der Waals surface area (Å²) in [7, 11) is 0. The summed E-state index contributed by atoms with van der Waals surface area (Å²) in [5.41, 5.74) is 5.80. The average Bonchev–Trinajstić information content (AvgIpc) is 2.91. The third kappa shape index (κ3) is 4.22. The Labute approximate surface area is 213 Å². The highest BCUT2D eigenvalue weighted by molar-refractivity contribution is 5.98. The first-order valence-electron chi connectivity index (χ1n) is 12.9. The minimum absolute atomic E-state index is 0.00922. The molecule has 0 aliphatic heterocycles. The molecule has 0 radical (unpaired) electrons. The smallest absolute Gasteiger partial charge is 0.338 e. The highest BCUT2D eigenvalue weighted by atomic mass is 16.5.